The molecule has 2 bridgehead atoms. The van der Waals surface area contributed by atoms with Crippen molar-refractivity contribution in [2.75, 3.05) is 20.2 Å². The monoisotopic (exact) mass is 351 g/mol. The van der Waals surface area contributed by atoms with Crippen molar-refractivity contribution in [3.05, 3.63) is 35.5 Å². The maximum absolute atomic E-state index is 11.3. The van der Waals surface area contributed by atoms with Crippen molar-refractivity contribution in [2.24, 2.45) is 11.8 Å². The third kappa shape index (κ3) is 2.84. The molecule has 3 saturated heterocycles. The summed E-state index contributed by atoms with van der Waals surface area (Å²) in [5.74, 6) is 2.17. The predicted octanol–water partition coefficient (Wildman–Crippen LogP) is 3.27. The molecule has 1 aromatic heterocycles. The third-order valence-corrected chi connectivity index (χ3v) is 6.31. The van der Waals surface area contributed by atoms with Crippen LogP contribution in [0, 0.1) is 23.2 Å². The van der Waals surface area contributed by atoms with Crippen molar-refractivity contribution in [1.29, 1.82) is 5.26 Å². The Hall–Kier alpha value is -2.16. The molecule has 136 valence electrons. The molecule has 1 unspecified atom stereocenters. The van der Waals surface area contributed by atoms with E-state index in [-0.39, 0.29) is 6.04 Å². The van der Waals surface area contributed by atoms with Gasteiger partial charge in [0.25, 0.3) is 0 Å². The van der Waals surface area contributed by atoms with E-state index in [2.05, 4.69) is 22.9 Å². The zero-order valence-corrected chi connectivity index (χ0v) is 15.4. The highest BCUT2D eigenvalue weighted by Gasteiger charge is 2.42. The molecule has 1 aromatic carbocycles. The topological polar surface area (TPSA) is 69.4 Å². The van der Waals surface area contributed by atoms with Gasteiger partial charge in [0.1, 0.15) is 17.5 Å². The smallest absolute Gasteiger partial charge is 0.141 e. The second-order valence-electron chi connectivity index (χ2n) is 7.55. The van der Waals surface area contributed by atoms with Crippen LogP contribution in [0.4, 0.5) is 0 Å². The summed E-state index contributed by atoms with van der Waals surface area (Å²) in [6.45, 7) is 4.39. The number of hydrogen-bond donors (Lipinski definition) is 1. The van der Waals surface area contributed by atoms with E-state index in [1.54, 1.807) is 13.2 Å². The SMILES string of the molecule is CC[C@H]1CN2CC[C@H]1C[C@H]2[C@H](O)c1cc(C#N)nc2ccc(OC)cc12. The molecule has 2 aromatic rings. The Morgan fingerprint density at radius 2 is 2.27 bits per heavy atom. The first-order chi connectivity index (χ1) is 12.6. The van der Waals surface area contributed by atoms with Crippen LogP contribution in [0.25, 0.3) is 10.9 Å². The highest BCUT2D eigenvalue weighted by molar-refractivity contribution is 5.84. The Labute approximate surface area is 154 Å². The lowest BCUT2D eigenvalue weighted by Gasteiger charge is -2.51. The van der Waals surface area contributed by atoms with Gasteiger partial charge in [0.15, 0.2) is 0 Å². The van der Waals surface area contributed by atoms with Crippen LogP contribution < -0.4 is 4.74 Å². The Kier molecular flexibility index (Phi) is 4.56. The van der Waals surface area contributed by atoms with E-state index in [0.29, 0.717) is 11.6 Å². The molecule has 5 heteroatoms. The molecular weight excluding hydrogens is 326 g/mol. The summed E-state index contributed by atoms with van der Waals surface area (Å²) in [4.78, 5) is 6.83. The zero-order valence-electron chi connectivity index (χ0n) is 15.4. The molecule has 26 heavy (non-hydrogen) atoms. The van der Waals surface area contributed by atoms with E-state index in [4.69, 9.17) is 4.74 Å². The second kappa shape index (κ2) is 6.86. The van der Waals surface area contributed by atoms with E-state index in [0.717, 1.165) is 47.6 Å². The number of ether oxygens (including phenoxy) is 1. The number of hydrogen-bond acceptors (Lipinski definition) is 5. The van der Waals surface area contributed by atoms with Gasteiger partial charge in [0.2, 0.25) is 0 Å². The number of aromatic nitrogens is 1. The van der Waals surface area contributed by atoms with Crippen molar-refractivity contribution in [2.45, 2.75) is 38.3 Å². The van der Waals surface area contributed by atoms with Gasteiger partial charge in [-0.15, -0.1) is 0 Å². The molecule has 1 N–H and O–H groups in total. The highest BCUT2D eigenvalue weighted by atomic mass is 16.5. The van der Waals surface area contributed by atoms with Crippen molar-refractivity contribution in [1.82, 2.24) is 9.88 Å². The van der Waals surface area contributed by atoms with Crippen LogP contribution >= 0.6 is 0 Å². The quantitative estimate of drug-likeness (QED) is 0.915. The largest absolute Gasteiger partial charge is 0.497 e. The zero-order chi connectivity index (χ0) is 18.3. The Balaban J connectivity index is 1.74. The van der Waals surface area contributed by atoms with Gasteiger partial charge in [-0.25, -0.2) is 4.98 Å². The summed E-state index contributed by atoms with van der Waals surface area (Å²) >= 11 is 0. The van der Waals surface area contributed by atoms with Crippen LogP contribution in [-0.4, -0.2) is 41.2 Å². The lowest BCUT2D eigenvalue weighted by atomic mass is 9.72. The molecule has 4 heterocycles. The van der Waals surface area contributed by atoms with Gasteiger partial charge in [0, 0.05) is 18.0 Å². The first kappa shape index (κ1) is 17.3. The molecule has 0 amide bonds. The van der Waals surface area contributed by atoms with Gasteiger partial charge < -0.3 is 9.84 Å². The minimum absolute atomic E-state index is 0.111. The summed E-state index contributed by atoms with van der Waals surface area (Å²) in [5.41, 5.74) is 1.86. The van der Waals surface area contributed by atoms with Gasteiger partial charge in [-0.1, -0.05) is 13.3 Å². The minimum Gasteiger partial charge on any atom is -0.497 e. The summed E-state index contributed by atoms with van der Waals surface area (Å²) < 4.78 is 5.35. The summed E-state index contributed by atoms with van der Waals surface area (Å²) in [6.07, 6.45) is 2.84. The maximum Gasteiger partial charge on any atom is 0.141 e. The van der Waals surface area contributed by atoms with E-state index in [1.165, 1.54) is 12.8 Å². The molecule has 5 nitrogen and oxygen atoms in total. The normalized spacial score (nSPS) is 28.7. The molecule has 0 saturated carbocycles. The predicted molar refractivity (Wildman–Crippen MR) is 99.8 cm³/mol. The Bertz CT molecular complexity index is 860. The Morgan fingerprint density at radius 1 is 1.42 bits per heavy atom. The van der Waals surface area contributed by atoms with Crippen molar-refractivity contribution in [3.8, 4) is 11.8 Å². The first-order valence-corrected chi connectivity index (χ1v) is 9.45. The highest BCUT2D eigenvalue weighted by Crippen LogP contribution is 2.43. The molecule has 5 rings (SSSR count). The van der Waals surface area contributed by atoms with Gasteiger partial charge in [-0.3, -0.25) is 4.90 Å². The van der Waals surface area contributed by atoms with Crippen LogP contribution in [0.1, 0.15) is 43.5 Å². The van der Waals surface area contributed by atoms with Crippen molar-refractivity contribution in [3.63, 3.8) is 0 Å². The van der Waals surface area contributed by atoms with Gasteiger partial charge >= 0.3 is 0 Å². The maximum atomic E-state index is 11.3. The molecule has 5 atom stereocenters. The first-order valence-electron chi connectivity index (χ1n) is 9.45. The van der Waals surface area contributed by atoms with E-state index in [1.807, 2.05) is 18.2 Å². The Morgan fingerprint density at radius 3 is 2.92 bits per heavy atom. The van der Waals surface area contributed by atoms with Gasteiger partial charge in [-0.05, 0) is 61.1 Å². The standard InChI is InChI=1S/C21H25N3O2/c1-3-13-12-24-7-6-14(13)8-20(24)21(25)18-9-15(11-22)23-19-5-4-16(26-2)10-17(18)19/h4-5,9-10,13-14,20-21,25H,3,6-8,12H2,1-2H3/t13-,14-,20-,21+/m0/s1. The van der Waals surface area contributed by atoms with E-state index in [9.17, 15) is 10.4 Å². The average molecular weight is 351 g/mol. The summed E-state index contributed by atoms with van der Waals surface area (Å²) in [7, 11) is 1.63. The number of pyridine rings is 1. The van der Waals surface area contributed by atoms with Crippen LogP contribution in [-0.2, 0) is 0 Å². The summed E-state index contributed by atoms with van der Waals surface area (Å²) in [6, 6.07) is 9.58. The van der Waals surface area contributed by atoms with E-state index >= 15 is 0 Å². The molecule has 0 radical (unpaired) electrons. The number of rotatable bonds is 4. The van der Waals surface area contributed by atoms with Gasteiger partial charge in [0.05, 0.1) is 18.7 Å². The van der Waals surface area contributed by atoms with Crippen LogP contribution in [0.2, 0.25) is 0 Å². The number of methoxy groups -OCH3 is 1. The third-order valence-electron chi connectivity index (χ3n) is 6.31. The molecule has 3 fully saturated rings. The van der Waals surface area contributed by atoms with Crippen LogP contribution in [0.5, 0.6) is 5.75 Å². The number of benzene rings is 1. The molecule has 3 aliphatic heterocycles. The lowest BCUT2D eigenvalue weighted by molar-refractivity contribution is -0.0562. The van der Waals surface area contributed by atoms with Crippen molar-refractivity contribution >= 4 is 10.9 Å². The van der Waals surface area contributed by atoms with Gasteiger partial charge in [-0.2, -0.15) is 5.26 Å². The fourth-order valence-electron chi connectivity index (χ4n) is 4.84. The number of piperidine rings is 3. The molecule has 0 spiro atoms. The molecular formula is C21H25N3O2. The molecule has 0 aliphatic carbocycles. The number of nitriles is 1. The van der Waals surface area contributed by atoms with Crippen LogP contribution in [0.3, 0.4) is 0 Å². The lowest BCUT2D eigenvalue weighted by Crippen LogP contribution is -2.55. The fraction of sp³-hybridized carbons (Fsp3) is 0.524. The van der Waals surface area contributed by atoms with Crippen molar-refractivity contribution < 1.29 is 9.84 Å². The fourth-order valence-corrected chi connectivity index (χ4v) is 4.84. The van der Waals surface area contributed by atoms with E-state index < -0.39 is 6.10 Å². The minimum atomic E-state index is -0.625. The number of aliphatic hydroxyl groups is 1. The number of aliphatic hydroxyl groups excluding tert-OH is 1. The molecule has 3 aliphatic rings. The average Bonchev–Trinajstić information content (AvgIpc) is 2.72. The second-order valence-corrected chi connectivity index (χ2v) is 7.55. The number of nitrogens with zero attached hydrogens (tertiary/aromatic N) is 3. The summed E-state index contributed by atoms with van der Waals surface area (Å²) in [5, 5.41) is 21.5. The van der Waals surface area contributed by atoms with Crippen LogP contribution in [0.15, 0.2) is 24.3 Å². The number of fused-ring (bicyclic) bond motifs is 4.